The maximum absolute atomic E-state index is 12.3. The molecule has 0 saturated heterocycles. The van der Waals surface area contributed by atoms with E-state index in [1.807, 2.05) is 43.4 Å². The molecule has 0 N–H and O–H groups in total. The maximum atomic E-state index is 12.3. The zero-order chi connectivity index (χ0) is 20.5. The van der Waals surface area contributed by atoms with Crippen molar-refractivity contribution >= 4 is 45.7 Å². The normalized spacial score (nSPS) is 11.3. The van der Waals surface area contributed by atoms with Gasteiger partial charge in [0.25, 0.3) is 5.56 Å². The monoisotopic (exact) mass is 443 g/mol. The van der Waals surface area contributed by atoms with Gasteiger partial charge in [-0.1, -0.05) is 47.5 Å². The van der Waals surface area contributed by atoms with E-state index in [9.17, 15) is 4.79 Å². The van der Waals surface area contributed by atoms with Gasteiger partial charge in [0, 0.05) is 47.4 Å². The lowest BCUT2D eigenvalue weighted by atomic mass is 10.1. The molecule has 4 nitrogen and oxygen atoms in total. The molecule has 0 spiro atoms. The second-order valence-electron chi connectivity index (χ2n) is 6.84. The van der Waals surface area contributed by atoms with E-state index in [1.54, 1.807) is 24.9 Å². The Bertz CT molecular complexity index is 1260. The third kappa shape index (κ3) is 4.08. The zero-order valence-corrected chi connectivity index (χ0v) is 18.4. The summed E-state index contributed by atoms with van der Waals surface area (Å²) < 4.78 is 3.58. The van der Waals surface area contributed by atoms with Gasteiger partial charge in [0.05, 0.1) is 16.1 Å². The van der Waals surface area contributed by atoms with Crippen molar-refractivity contribution < 1.29 is 0 Å². The summed E-state index contributed by atoms with van der Waals surface area (Å²) in [6.45, 7) is 0. The number of hydrogen-bond donors (Lipinski definition) is 0. The number of aryl methyl sites for hydroxylation is 1. The molecule has 4 rings (SSSR count). The van der Waals surface area contributed by atoms with Gasteiger partial charge in [-0.2, -0.15) is 5.10 Å². The van der Waals surface area contributed by atoms with Gasteiger partial charge >= 0.3 is 0 Å². The van der Waals surface area contributed by atoms with Gasteiger partial charge in [-0.25, -0.2) is 4.68 Å². The van der Waals surface area contributed by atoms with E-state index in [4.69, 9.17) is 23.2 Å². The maximum Gasteiger partial charge on any atom is 0.274 e. The van der Waals surface area contributed by atoms with Crippen molar-refractivity contribution in [2.75, 3.05) is 0 Å². The molecule has 0 bridgehead atoms. The Morgan fingerprint density at radius 2 is 1.76 bits per heavy atom. The molecule has 0 aliphatic heterocycles. The molecule has 0 aliphatic rings. The fraction of sp³-hybridized carbons (Fsp3) is 0.182. The van der Waals surface area contributed by atoms with Crippen molar-refractivity contribution in [3.8, 4) is 0 Å². The second-order valence-corrected chi connectivity index (χ2v) is 8.68. The minimum atomic E-state index is -0.0766. The van der Waals surface area contributed by atoms with Crippen LogP contribution in [-0.2, 0) is 26.3 Å². The topological polar surface area (TPSA) is 39.8 Å². The van der Waals surface area contributed by atoms with E-state index >= 15 is 0 Å². The molecule has 0 aliphatic carbocycles. The minimum Gasteiger partial charge on any atom is -0.343 e. The van der Waals surface area contributed by atoms with Crippen LogP contribution < -0.4 is 5.56 Å². The van der Waals surface area contributed by atoms with Crippen LogP contribution in [0.5, 0.6) is 0 Å². The molecule has 0 unspecified atom stereocenters. The summed E-state index contributed by atoms with van der Waals surface area (Å²) in [6, 6.07) is 17.4. The first-order valence-electron chi connectivity index (χ1n) is 9.10. The molecular formula is C22H19Cl2N3OS. The largest absolute Gasteiger partial charge is 0.343 e. The predicted molar refractivity (Wildman–Crippen MR) is 121 cm³/mol. The van der Waals surface area contributed by atoms with Crippen molar-refractivity contribution in [2.45, 2.75) is 17.2 Å². The van der Waals surface area contributed by atoms with Crippen molar-refractivity contribution in [3.05, 3.63) is 91.9 Å². The van der Waals surface area contributed by atoms with E-state index in [1.165, 1.54) is 4.68 Å². The van der Waals surface area contributed by atoms with Crippen molar-refractivity contribution in [1.82, 2.24) is 14.3 Å². The lowest BCUT2D eigenvalue weighted by molar-refractivity contribution is 0.686. The number of nitrogens with zero attached hydrogens (tertiary/aromatic N) is 3. The van der Waals surface area contributed by atoms with Gasteiger partial charge in [0.15, 0.2) is 0 Å². The first-order chi connectivity index (χ1) is 13.9. The predicted octanol–water partition coefficient (Wildman–Crippen LogP) is 5.46. The number of halogens is 2. The van der Waals surface area contributed by atoms with E-state index in [-0.39, 0.29) is 5.56 Å². The number of hydrogen-bond acceptors (Lipinski definition) is 3. The van der Waals surface area contributed by atoms with E-state index in [0.29, 0.717) is 21.9 Å². The first kappa shape index (κ1) is 20.1. The van der Waals surface area contributed by atoms with Gasteiger partial charge in [-0.05, 0) is 35.9 Å². The van der Waals surface area contributed by atoms with E-state index in [0.717, 1.165) is 33.1 Å². The summed E-state index contributed by atoms with van der Waals surface area (Å²) >= 11 is 14.0. The van der Waals surface area contributed by atoms with Crippen molar-refractivity contribution in [3.63, 3.8) is 0 Å². The Labute approximate surface area is 183 Å². The van der Waals surface area contributed by atoms with Gasteiger partial charge in [0.2, 0.25) is 0 Å². The Balaban J connectivity index is 1.59. The molecule has 0 radical (unpaired) electrons. The standard InChI is InChI=1S/C22H19Cl2N3OS/c1-26-16(9-10-21(26)29-13-14-7-8-15(23)11-19(14)24)12-20-17-5-3-4-6-18(17)22(28)27(2)25-20/h3-11H,12-13H2,1-2H3. The molecule has 4 aromatic rings. The van der Waals surface area contributed by atoms with Crippen LogP contribution in [0.2, 0.25) is 10.0 Å². The summed E-state index contributed by atoms with van der Waals surface area (Å²) in [7, 11) is 3.74. The van der Waals surface area contributed by atoms with Crippen molar-refractivity contribution in [2.24, 2.45) is 14.1 Å². The van der Waals surface area contributed by atoms with Crippen LogP contribution in [0.1, 0.15) is 17.0 Å². The smallest absolute Gasteiger partial charge is 0.274 e. The SMILES string of the molecule is Cn1c(Cc2nn(C)c(=O)c3ccccc23)ccc1SCc1ccc(Cl)cc1Cl. The third-order valence-corrected chi connectivity index (χ3v) is 6.70. The Kier molecular flexibility index (Phi) is 5.72. The summed E-state index contributed by atoms with van der Waals surface area (Å²) in [5.74, 6) is 0.758. The van der Waals surface area contributed by atoms with E-state index < -0.39 is 0 Å². The molecule has 0 atom stereocenters. The number of thioether (sulfide) groups is 1. The van der Waals surface area contributed by atoms with Crippen LogP contribution in [0, 0.1) is 0 Å². The van der Waals surface area contributed by atoms with Crippen LogP contribution in [0.15, 0.2) is 64.4 Å². The summed E-state index contributed by atoms with van der Waals surface area (Å²) in [5.41, 5.74) is 2.99. The number of benzene rings is 2. The Morgan fingerprint density at radius 3 is 2.52 bits per heavy atom. The first-order valence-corrected chi connectivity index (χ1v) is 10.8. The third-order valence-electron chi connectivity index (χ3n) is 4.95. The minimum absolute atomic E-state index is 0.0766. The number of fused-ring (bicyclic) bond motifs is 1. The average molecular weight is 444 g/mol. The molecule has 29 heavy (non-hydrogen) atoms. The highest BCUT2D eigenvalue weighted by Crippen LogP contribution is 2.30. The van der Waals surface area contributed by atoms with Crippen LogP contribution >= 0.6 is 35.0 Å². The molecule has 2 aromatic heterocycles. The van der Waals surface area contributed by atoms with Crippen molar-refractivity contribution in [1.29, 1.82) is 0 Å². The number of aromatic nitrogens is 3. The van der Waals surface area contributed by atoms with E-state index in [2.05, 4.69) is 21.8 Å². The molecule has 0 saturated carbocycles. The molecule has 2 heterocycles. The van der Waals surface area contributed by atoms with Gasteiger partial charge in [-0.15, -0.1) is 11.8 Å². The number of rotatable bonds is 5. The fourth-order valence-electron chi connectivity index (χ4n) is 3.32. The quantitative estimate of drug-likeness (QED) is 0.384. The van der Waals surface area contributed by atoms with Gasteiger partial charge in [-0.3, -0.25) is 4.79 Å². The van der Waals surface area contributed by atoms with Crippen LogP contribution in [-0.4, -0.2) is 14.3 Å². The Hall–Kier alpha value is -2.21. The molecular weight excluding hydrogens is 425 g/mol. The summed E-state index contributed by atoms with van der Waals surface area (Å²) in [4.78, 5) is 12.3. The highest BCUT2D eigenvalue weighted by Gasteiger charge is 2.13. The second kappa shape index (κ2) is 8.27. The molecule has 2 aromatic carbocycles. The van der Waals surface area contributed by atoms with Gasteiger partial charge in [0.1, 0.15) is 0 Å². The summed E-state index contributed by atoms with van der Waals surface area (Å²) in [5, 5.41) is 8.57. The molecule has 0 fully saturated rings. The highest BCUT2D eigenvalue weighted by atomic mass is 35.5. The summed E-state index contributed by atoms with van der Waals surface area (Å²) in [6.07, 6.45) is 0.646. The Morgan fingerprint density at radius 1 is 1.00 bits per heavy atom. The van der Waals surface area contributed by atoms with Crippen LogP contribution in [0.25, 0.3) is 10.8 Å². The van der Waals surface area contributed by atoms with Gasteiger partial charge < -0.3 is 4.57 Å². The molecule has 148 valence electrons. The molecule has 7 heteroatoms. The lowest BCUT2D eigenvalue weighted by Crippen LogP contribution is -2.21. The highest BCUT2D eigenvalue weighted by molar-refractivity contribution is 7.98. The fourth-order valence-corrected chi connectivity index (χ4v) is 4.91. The zero-order valence-electron chi connectivity index (χ0n) is 16.0. The lowest BCUT2D eigenvalue weighted by Gasteiger charge is -2.11. The average Bonchev–Trinajstić information content (AvgIpc) is 3.05. The van der Waals surface area contributed by atoms with Crippen LogP contribution in [0.3, 0.4) is 0 Å². The molecule has 0 amide bonds. The van der Waals surface area contributed by atoms with Crippen LogP contribution in [0.4, 0.5) is 0 Å².